The van der Waals surface area contributed by atoms with Crippen molar-refractivity contribution in [3.63, 3.8) is 0 Å². The Bertz CT molecular complexity index is 1010. The van der Waals surface area contributed by atoms with Crippen molar-refractivity contribution in [1.82, 2.24) is 0 Å². The molecule has 0 bridgehead atoms. The smallest absolute Gasteiger partial charge is 0.363 e. The number of hydrogen-bond acceptors (Lipinski definition) is 7. The van der Waals surface area contributed by atoms with E-state index >= 15 is 0 Å². The molecule has 0 radical (unpaired) electrons. The number of nitrogens with zero attached hydrogens (tertiary/aromatic N) is 2. The lowest BCUT2D eigenvalue weighted by molar-refractivity contribution is -0.384. The Morgan fingerprint density at radius 2 is 1.96 bits per heavy atom. The minimum absolute atomic E-state index is 0.0392. The summed E-state index contributed by atoms with van der Waals surface area (Å²) in [6, 6.07) is 10.2. The molecule has 1 aliphatic heterocycles. The van der Waals surface area contributed by atoms with Crippen molar-refractivity contribution in [3.05, 3.63) is 74.4 Å². The van der Waals surface area contributed by atoms with E-state index in [4.69, 9.17) is 21.1 Å². The highest BCUT2D eigenvalue weighted by Gasteiger charge is 2.26. The third kappa shape index (κ3) is 4.18. The monoisotopic (exact) mass is 386 g/mol. The highest BCUT2D eigenvalue weighted by Crippen LogP contribution is 2.27. The van der Waals surface area contributed by atoms with Gasteiger partial charge in [0, 0.05) is 19.1 Å². The predicted molar refractivity (Wildman–Crippen MR) is 96.5 cm³/mol. The number of aliphatic imine (C=N–C) groups is 1. The summed E-state index contributed by atoms with van der Waals surface area (Å²) in [5, 5.41) is 10.8. The van der Waals surface area contributed by atoms with Gasteiger partial charge < -0.3 is 9.47 Å². The quantitative estimate of drug-likeness (QED) is 0.261. The number of esters is 2. The van der Waals surface area contributed by atoms with Crippen molar-refractivity contribution in [2.45, 2.75) is 6.92 Å². The van der Waals surface area contributed by atoms with Crippen LogP contribution in [0, 0.1) is 10.1 Å². The molecule has 3 rings (SSSR count). The Kier molecular flexibility index (Phi) is 5.00. The average molecular weight is 387 g/mol. The third-order valence-corrected chi connectivity index (χ3v) is 3.77. The molecule has 0 fully saturated rings. The Balaban J connectivity index is 1.87. The zero-order chi connectivity index (χ0) is 19.6. The molecule has 9 heteroatoms. The van der Waals surface area contributed by atoms with Crippen LogP contribution in [0.5, 0.6) is 5.75 Å². The number of benzene rings is 2. The molecular weight excluding hydrogens is 376 g/mol. The Hall–Kier alpha value is -3.52. The first-order valence-corrected chi connectivity index (χ1v) is 7.96. The number of carbonyl (C=O) groups is 2. The van der Waals surface area contributed by atoms with Crippen LogP contribution in [0.25, 0.3) is 6.08 Å². The second-order valence-electron chi connectivity index (χ2n) is 5.42. The molecule has 27 heavy (non-hydrogen) atoms. The van der Waals surface area contributed by atoms with Crippen molar-refractivity contribution in [2.75, 3.05) is 0 Å². The highest BCUT2D eigenvalue weighted by molar-refractivity contribution is 6.34. The van der Waals surface area contributed by atoms with Crippen molar-refractivity contribution >= 4 is 41.2 Å². The number of nitro groups is 1. The summed E-state index contributed by atoms with van der Waals surface area (Å²) in [7, 11) is 0. The van der Waals surface area contributed by atoms with Gasteiger partial charge in [0.1, 0.15) is 5.75 Å². The van der Waals surface area contributed by atoms with Crippen LogP contribution in [0.4, 0.5) is 5.69 Å². The van der Waals surface area contributed by atoms with Gasteiger partial charge in [0.25, 0.3) is 5.69 Å². The standard InChI is InChI=1S/C18H11ClN2O6/c1-10(22)26-13-5-2-11(3-6-13)8-16-18(23)27-17(20-16)14-7-4-12(21(24)25)9-15(14)19/h2-9H,1H3/b16-8-. The normalized spacial score (nSPS) is 14.7. The SMILES string of the molecule is CC(=O)Oc1ccc(/C=C2\N=C(c3ccc([N+](=O)[O-])cc3Cl)OC2=O)cc1. The number of halogens is 1. The molecule has 136 valence electrons. The van der Waals surface area contributed by atoms with Gasteiger partial charge in [-0.05, 0) is 29.8 Å². The molecule has 8 nitrogen and oxygen atoms in total. The van der Waals surface area contributed by atoms with Crippen molar-refractivity contribution < 1.29 is 24.0 Å². The summed E-state index contributed by atoms with van der Waals surface area (Å²) in [6.07, 6.45) is 1.49. The van der Waals surface area contributed by atoms with Crippen molar-refractivity contribution in [3.8, 4) is 5.75 Å². The molecule has 0 unspecified atom stereocenters. The first-order valence-electron chi connectivity index (χ1n) is 7.59. The van der Waals surface area contributed by atoms with E-state index < -0.39 is 16.9 Å². The molecule has 0 aromatic heterocycles. The van der Waals surface area contributed by atoms with E-state index in [9.17, 15) is 19.7 Å². The van der Waals surface area contributed by atoms with Gasteiger partial charge in [-0.25, -0.2) is 9.79 Å². The number of non-ortho nitro benzene ring substituents is 1. The van der Waals surface area contributed by atoms with Crippen LogP contribution >= 0.6 is 11.6 Å². The van der Waals surface area contributed by atoms with Crippen molar-refractivity contribution in [1.29, 1.82) is 0 Å². The van der Waals surface area contributed by atoms with Gasteiger partial charge in [-0.2, -0.15) is 0 Å². The van der Waals surface area contributed by atoms with Crippen molar-refractivity contribution in [2.24, 2.45) is 4.99 Å². The lowest BCUT2D eigenvalue weighted by Gasteiger charge is -2.02. The number of nitro benzene ring substituents is 1. The molecular formula is C18H11ClN2O6. The number of rotatable bonds is 4. The van der Waals surface area contributed by atoms with Crippen LogP contribution in [0.2, 0.25) is 5.02 Å². The van der Waals surface area contributed by atoms with Gasteiger partial charge in [-0.3, -0.25) is 14.9 Å². The summed E-state index contributed by atoms with van der Waals surface area (Å²) >= 11 is 6.03. The summed E-state index contributed by atoms with van der Waals surface area (Å²) in [4.78, 5) is 37.2. The minimum atomic E-state index is -0.677. The third-order valence-electron chi connectivity index (χ3n) is 3.46. The topological polar surface area (TPSA) is 108 Å². The van der Waals surface area contributed by atoms with Gasteiger partial charge in [-0.1, -0.05) is 23.7 Å². The number of carbonyl (C=O) groups excluding carboxylic acids is 2. The summed E-state index contributed by atoms with van der Waals surface area (Å²) in [6.45, 7) is 1.30. The molecule has 0 spiro atoms. The fraction of sp³-hybridized carbons (Fsp3) is 0.0556. The fourth-order valence-electron chi connectivity index (χ4n) is 2.27. The minimum Gasteiger partial charge on any atom is -0.427 e. The first-order chi connectivity index (χ1) is 12.8. The van der Waals surface area contributed by atoms with E-state index in [1.165, 1.54) is 25.1 Å². The zero-order valence-corrected chi connectivity index (χ0v) is 14.6. The van der Waals surface area contributed by atoms with Crippen LogP contribution in [-0.4, -0.2) is 22.8 Å². The van der Waals surface area contributed by atoms with Gasteiger partial charge in [0.2, 0.25) is 5.90 Å². The van der Waals surface area contributed by atoms with E-state index in [-0.39, 0.29) is 27.9 Å². The molecule has 0 saturated carbocycles. The second-order valence-corrected chi connectivity index (χ2v) is 5.83. The molecule has 0 N–H and O–H groups in total. The van der Waals surface area contributed by atoms with E-state index in [0.717, 1.165) is 6.07 Å². The number of ether oxygens (including phenoxy) is 2. The van der Waals surface area contributed by atoms with E-state index in [0.29, 0.717) is 11.3 Å². The lowest BCUT2D eigenvalue weighted by atomic mass is 10.2. The molecule has 2 aromatic rings. The molecule has 1 aliphatic rings. The second kappa shape index (κ2) is 7.38. The van der Waals surface area contributed by atoms with Crippen LogP contribution in [-0.2, 0) is 14.3 Å². The van der Waals surface area contributed by atoms with Crippen LogP contribution < -0.4 is 4.74 Å². The lowest BCUT2D eigenvalue weighted by Crippen LogP contribution is -2.06. The molecule has 1 heterocycles. The summed E-state index contributed by atoms with van der Waals surface area (Å²) in [5.41, 5.74) is 0.763. The van der Waals surface area contributed by atoms with Crippen LogP contribution in [0.1, 0.15) is 18.1 Å². The predicted octanol–water partition coefficient (Wildman–Crippen LogP) is 3.52. The first kappa shape index (κ1) is 18.3. The van der Waals surface area contributed by atoms with E-state index in [1.807, 2.05) is 0 Å². The number of hydrogen-bond donors (Lipinski definition) is 0. The van der Waals surface area contributed by atoms with E-state index in [2.05, 4.69) is 4.99 Å². The Morgan fingerprint density at radius 3 is 2.56 bits per heavy atom. The maximum Gasteiger partial charge on any atom is 0.363 e. The van der Waals surface area contributed by atoms with Gasteiger partial charge in [-0.15, -0.1) is 0 Å². The van der Waals surface area contributed by atoms with Gasteiger partial charge in [0.15, 0.2) is 5.70 Å². The molecule has 0 saturated heterocycles. The molecule has 0 aliphatic carbocycles. The van der Waals surface area contributed by atoms with Gasteiger partial charge in [0.05, 0.1) is 15.5 Å². The van der Waals surface area contributed by atoms with Crippen LogP contribution in [0.15, 0.2) is 53.2 Å². The Labute approximate surface area is 157 Å². The van der Waals surface area contributed by atoms with Gasteiger partial charge >= 0.3 is 11.9 Å². The molecule has 0 atom stereocenters. The largest absolute Gasteiger partial charge is 0.427 e. The van der Waals surface area contributed by atoms with E-state index in [1.54, 1.807) is 24.3 Å². The van der Waals surface area contributed by atoms with Crippen LogP contribution in [0.3, 0.4) is 0 Å². The number of cyclic esters (lactones) is 1. The molecule has 2 aromatic carbocycles. The maximum atomic E-state index is 12.0. The molecule has 0 amide bonds. The highest BCUT2D eigenvalue weighted by atomic mass is 35.5. The fourth-order valence-corrected chi connectivity index (χ4v) is 2.53. The average Bonchev–Trinajstić information content (AvgIpc) is 2.96. The Morgan fingerprint density at radius 1 is 1.26 bits per heavy atom. The maximum absolute atomic E-state index is 12.0. The summed E-state index contributed by atoms with van der Waals surface area (Å²) in [5.74, 6) is -0.777. The zero-order valence-electron chi connectivity index (χ0n) is 13.8. The summed E-state index contributed by atoms with van der Waals surface area (Å²) < 4.78 is 10.0.